The fourth-order valence-corrected chi connectivity index (χ4v) is 3.64. The van der Waals surface area contributed by atoms with Gasteiger partial charge in [-0.25, -0.2) is 0 Å². The van der Waals surface area contributed by atoms with Crippen molar-refractivity contribution < 1.29 is 9.53 Å². The molecular formula is C21H18BrN3O3. The quantitative estimate of drug-likeness (QED) is 0.430. The highest BCUT2D eigenvalue weighted by Gasteiger charge is 2.19. The average molecular weight is 440 g/mol. The lowest BCUT2D eigenvalue weighted by atomic mass is 10.0. The molecule has 0 spiro atoms. The molecule has 6 nitrogen and oxygen atoms in total. The van der Waals surface area contributed by atoms with Crippen LogP contribution in [0.15, 0.2) is 57.8 Å². The number of rotatable bonds is 5. The van der Waals surface area contributed by atoms with Gasteiger partial charge in [0.05, 0.1) is 11.0 Å². The van der Waals surface area contributed by atoms with E-state index in [4.69, 9.17) is 4.74 Å². The number of ether oxygens (including phenoxy) is 1. The summed E-state index contributed by atoms with van der Waals surface area (Å²) in [5.74, 6) is -0.372. The van der Waals surface area contributed by atoms with Crippen LogP contribution in [0.3, 0.4) is 0 Å². The number of amides is 1. The van der Waals surface area contributed by atoms with Crippen molar-refractivity contribution in [1.29, 1.82) is 0 Å². The summed E-state index contributed by atoms with van der Waals surface area (Å²) < 4.78 is 6.08. The highest BCUT2D eigenvalue weighted by Crippen LogP contribution is 2.36. The molecule has 4 rings (SSSR count). The lowest BCUT2D eigenvalue weighted by Gasteiger charge is -2.12. The van der Waals surface area contributed by atoms with Gasteiger partial charge in [0.1, 0.15) is 12.3 Å². The number of pyridine rings is 1. The Labute approximate surface area is 169 Å². The molecular weight excluding hydrogens is 422 g/mol. The molecule has 2 heterocycles. The van der Waals surface area contributed by atoms with Crippen molar-refractivity contribution in [2.75, 3.05) is 18.5 Å². The molecule has 0 fully saturated rings. The van der Waals surface area contributed by atoms with E-state index >= 15 is 0 Å². The Kier molecular flexibility index (Phi) is 5.02. The fourth-order valence-electron chi connectivity index (χ4n) is 3.28. The zero-order valence-corrected chi connectivity index (χ0v) is 16.7. The summed E-state index contributed by atoms with van der Waals surface area (Å²) in [5, 5.41) is 3.62. The number of hydrogen-bond acceptors (Lipinski definition) is 3. The van der Waals surface area contributed by atoms with Gasteiger partial charge in [-0.3, -0.25) is 9.59 Å². The zero-order chi connectivity index (χ0) is 19.7. The van der Waals surface area contributed by atoms with Gasteiger partial charge in [-0.05, 0) is 30.7 Å². The number of anilines is 1. The third kappa shape index (κ3) is 3.34. The predicted molar refractivity (Wildman–Crippen MR) is 115 cm³/mol. The highest BCUT2D eigenvalue weighted by atomic mass is 79.9. The molecule has 0 radical (unpaired) electrons. The molecule has 0 aliphatic heterocycles. The Hall–Kier alpha value is -2.90. The summed E-state index contributed by atoms with van der Waals surface area (Å²) in [6.07, 6.45) is 0. The molecule has 4 aromatic rings. The SMILES string of the molecule is CCOCC(=O)Nc1c(-c2ccccc2)c2[nH]c3ccc(Br)cc3c2[nH]c1=O. The van der Waals surface area contributed by atoms with Crippen LogP contribution in [0.2, 0.25) is 0 Å². The molecule has 142 valence electrons. The first-order valence-corrected chi connectivity index (χ1v) is 9.68. The number of carbonyl (C=O) groups is 1. The van der Waals surface area contributed by atoms with E-state index in [0.29, 0.717) is 17.7 Å². The first kappa shape index (κ1) is 18.5. The minimum absolute atomic E-state index is 0.109. The number of H-pyrrole nitrogens is 2. The number of carbonyl (C=O) groups excluding carboxylic acids is 1. The summed E-state index contributed by atoms with van der Waals surface area (Å²) in [6.45, 7) is 2.12. The molecule has 1 amide bonds. The van der Waals surface area contributed by atoms with E-state index in [-0.39, 0.29) is 23.8 Å². The molecule has 3 N–H and O–H groups in total. The normalized spacial score (nSPS) is 11.2. The maximum absolute atomic E-state index is 12.9. The maximum atomic E-state index is 12.9. The topological polar surface area (TPSA) is 87.0 Å². The molecule has 0 unspecified atom stereocenters. The van der Waals surface area contributed by atoms with Gasteiger partial charge in [-0.1, -0.05) is 46.3 Å². The van der Waals surface area contributed by atoms with Gasteiger partial charge in [-0.15, -0.1) is 0 Å². The highest BCUT2D eigenvalue weighted by molar-refractivity contribution is 9.10. The Morgan fingerprint density at radius 1 is 1.11 bits per heavy atom. The monoisotopic (exact) mass is 439 g/mol. The summed E-state index contributed by atoms with van der Waals surface area (Å²) in [4.78, 5) is 31.5. The fraction of sp³-hybridized carbons (Fsp3) is 0.143. The van der Waals surface area contributed by atoms with E-state index in [1.807, 2.05) is 55.5 Å². The second-order valence-corrected chi connectivity index (χ2v) is 7.24. The van der Waals surface area contributed by atoms with Crippen LogP contribution in [0.25, 0.3) is 33.1 Å². The molecule has 0 aliphatic carbocycles. The van der Waals surface area contributed by atoms with Crippen LogP contribution in [-0.2, 0) is 9.53 Å². The van der Waals surface area contributed by atoms with Crippen LogP contribution in [0, 0.1) is 0 Å². The number of aromatic nitrogens is 2. The number of aromatic amines is 2. The van der Waals surface area contributed by atoms with Crippen LogP contribution in [0.5, 0.6) is 0 Å². The molecule has 7 heteroatoms. The van der Waals surface area contributed by atoms with Crippen LogP contribution < -0.4 is 10.9 Å². The number of fused-ring (bicyclic) bond motifs is 3. The van der Waals surface area contributed by atoms with Gasteiger partial charge in [0.25, 0.3) is 11.5 Å². The molecule has 0 saturated carbocycles. The Morgan fingerprint density at radius 3 is 2.64 bits per heavy atom. The predicted octanol–water partition coefficient (Wildman–Crippen LogP) is 4.41. The third-order valence-corrected chi connectivity index (χ3v) is 4.98. The van der Waals surface area contributed by atoms with E-state index in [2.05, 4.69) is 31.2 Å². The summed E-state index contributed by atoms with van der Waals surface area (Å²) in [5.41, 5.74) is 3.66. The molecule has 0 saturated heterocycles. The summed E-state index contributed by atoms with van der Waals surface area (Å²) in [7, 11) is 0. The molecule has 2 aromatic carbocycles. The summed E-state index contributed by atoms with van der Waals surface area (Å²) in [6, 6.07) is 15.3. The van der Waals surface area contributed by atoms with Crippen molar-refractivity contribution in [3.05, 3.63) is 63.4 Å². The van der Waals surface area contributed by atoms with Crippen molar-refractivity contribution in [1.82, 2.24) is 9.97 Å². The van der Waals surface area contributed by atoms with E-state index in [9.17, 15) is 9.59 Å². The smallest absolute Gasteiger partial charge is 0.272 e. The van der Waals surface area contributed by atoms with E-state index in [1.54, 1.807) is 0 Å². The number of benzene rings is 2. The number of halogens is 1. The first-order chi connectivity index (χ1) is 13.6. The maximum Gasteiger partial charge on any atom is 0.272 e. The molecule has 0 atom stereocenters. The lowest BCUT2D eigenvalue weighted by molar-refractivity contribution is -0.120. The number of nitrogens with one attached hydrogen (secondary N) is 3. The van der Waals surface area contributed by atoms with Crippen molar-refractivity contribution >= 4 is 49.5 Å². The van der Waals surface area contributed by atoms with E-state index < -0.39 is 0 Å². The standard InChI is InChI=1S/C21H18BrN3O3/c1-2-28-11-16(26)24-20-17(12-6-4-3-5-7-12)19-18(25-21(20)27)14-10-13(22)8-9-15(14)23-19/h3-10,23H,2,11H2,1H3,(H,24,26)(H,25,27). The van der Waals surface area contributed by atoms with Gasteiger partial charge < -0.3 is 20.0 Å². The van der Waals surface area contributed by atoms with Gasteiger partial charge in [-0.2, -0.15) is 0 Å². The number of hydrogen-bond donors (Lipinski definition) is 3. The van der Waals surface area contributed by atoms with Gasteiger partial charge in [0.2, 0.25) is 0 Å². The Bertz CT molecular complexity index is 1230. The second kappa shape index (κ2) is 7.61. The van der Waals surface area contributed by atoms with Crippen LogP contribution >= 0.6 is 15.9 Å². The van der Waals surface area contributed by atoms with E-state index in [0.717, 1.165) is 26.5 Å². The minimum atomic E-state index is -0.372. The molecule has 28 heavy (non-hydrogen) atoms. The lowest BCUT2D eigenvalue weighted by Crippen LogP contribution is -2.24. The van der Waals surface area contributed by atoms with Crippen molar-refractivity contribution in [2.45, 2.75) is 6.92 Å². The third-order valence-electron chi connectivity index (χ3n) is 4.49. The van der Waals surface area contributed by atoms with E-state index in [1.165, 1.54) is 0 Å². The largest absolute Gasteiger partial charge is 0.372 e. The van der Waals surface area contributed by atoms with Crippen molar-refractivity contribution in [2.24, 2.45) is 0 Å². The van der Waals surface area contributed by atoms with Gasteiger partial charge in [0.15, 0.2) is 0 Å². The second-order valence-electron chi connectivity index (χ2n) is 6.32. The van der Waals surface area contributed by atoms with Crippen LogP contribution in [0.1, 0.15) is 6.92 Å². The van der Waals surface area contributed by atoms with Gasteiger partial charge >= 0.3 is 0 Å². The molecule has 0 bridgehead atoms. The summed E-state index contributed by atoms with van der Waals surface area (Å²) >= 11 is 3.48. The zero-order valence-electron chi connectivity index (χ0n) is 15.1. The van der Waals surface area contributed by atoms with Gasteiger partial charge in [0, 0.05) is 27.5 Å². The Balaban J connectivity index is 2.00. The Morgan fingerprint density at radius 2 is 1.89 bits per heavy atom. The van der Waals surface area contributed by atoms with Crippen LogP contribution in [-0.4, -0.2) is 29.1 Å². The molecule has 2 aromatic heterocycles. The first-order valence-electron chi connectivity index (χ1n) is 8.88. The van der Waals surface area contributed by atoms with Crippen molar-refractivity contribution in [3.8, 4) is 11.1 Å². The van der Waals surface area contributed by atoms with Crippen molar-refractivity contribution in [3.63, 3.8) is 0 Å². The minimum Gasteiger partial charge on any atom is -0.372 e. The molecule has 0 aliphatic rings. The van der Waals surface area contributed by atoms with Crippen LogP contribution in [0.4, 0.5) is 5.69 Å². The average Bonchev–Trinajstić information content (AvgIpc) is 3.04.